The summed E-state index contributed by atoms with van der Waals surface area (Å²) in [7, 11) is 0. The summed E-state index contributed by atoms with van der Waals surface area (Å²) in [5, 5.41) is 2.16. The zero-order valence-electron chi connectivity index (χ0n) is 16.7. The van der Waals surface area contributed by atoms with Gasteiger partial charge < -0.3 is 10.1 Å². The Hall–Kier alpha value is -1.86. The molecule has 1 N–H and O–H groups in total. The molecule has 1 amide bonds. The Kier molecular flexibility index (Phi) is 9.17. The predicted octanol–water partition coefficient (Wildman–Crippen LogP) is 6.30. The molecule has 0 saturated carbocycles. The molecule has 0 fully saturated rings. The zero-order valence-corrected chi connectivity index (χ0v) is 19.1. The van der Waals surface area contributed by atoms with Gasteiger partial charge in [0, 0.05) is 14.9 Å². The molecule has 2 aromatic carbocycles. The van der Waals surface area contributed by atoms with Gasteiger partial charge >= 0.3 is 5.97 Å². The number of nitrogens with one attached hydrogen (secondary N) is 1. The van der Waals surface area contributed by atoms with E-state index in [0.29, 0.717) is 21.5 Å². The van der Waals surface area contributed by atoms with Crippen LogP contribution in [-0.4, -0.2) is 23.7 Å². The van der Waals surface area contributed by atoms with Crippen molar-refractivity contribution in [1.82, 2.24) is 0 Å². The third-order valence-corrected chi connectivity index (χ3v) is 6.64. The highest BCUT2D eigenvalue weighted by Gasteiger charge is 2.26. The van der Waals surface area contributed by atoms with Crippen LogP contribution in [-0.2, 0) is 9.53 Å². The van der Waals surface area contributed by atoms with Gasteiger partial charge in [0.25, 0.3) is 5.91 Å². The summed E-state index contributed by atoms with van der Waals surface area (Å²) in [5.74, 6) is -1.22. The Morgan fingerprint density at radius 2 is 1.90 bits per heavy atom. The lowest BCUT2D eigenvalue weighted by molar-refractivity contribution is -0.143. The smallest absolute Gasteiger partial charge is 0.319 e. The number of carbonyl (C=O) groups is 2. The van der Waals surface area contributed by atoms with Crippen LogP contribution in [0.3, 0.4) is 0 Å². The maximum Gasteiger partial charge on any atom is 0.319 e. The second-order valence-electron chi connectivity index (χ2n) is 6.89. The van der Waals surface area contributed by atoms with Gasteiger partial charge in [0.15, 0.2) is 0 Å². The third kappa shape index (κ3) is 6.85. The highest BCUT2D eigenvalue weighted by molar-refractivity contribution is 9.10. The van der Waals surface area contributed by atoms with Crippen molar-refractivity contribution < 1.29 is 18.7 Å². The van der Waals surface area contributed by atoms with E-state index >= 15 is 0 Å². The standard InChI is InChI=1S/C22H25BrFNO3S/c1-4-5-11-28-22(27)20(14(2)3)29-19-13-18(17(24)12-16(19)23)25-21(26)15-9-7-6-8-10-15/h6-10,12-14,20H,4-5,11H2,1-3H3,(H,25,26). The molecular weight excluding hydrogens is 457 g/mol. The fourth-order valence-corrected chi connectivity index (χ4v) is 4.15. The molecule has 0 radical (unpaired) electrons. The van der Waals surface area contributed by atoms with Gasteiger partial charge in [-0.3, -0.25) is 9.59 Å². The molecule has 0 bridgehead atoms. The van der Waals surface area contributed by atoms with E-state index in [1.54, 1.807) is 36.4 Å². The highest BCUT2D eigenvalue weighted by atomic mass is 79.9. The number of benzene rings is 2. The molecule has 0 aromatic heterocycles. The van der Waals surface area contributed by atoms with E-state index in [1.165, 1.54) is 17.8 Å². The van der Waals surface area contributed by atoms with E-state index in [1.807, 2.05) is 20.8 Å². The second-order valence-corrected chi connectivity index (χ2v) is 8.92. The average Bonchev–Trinajstić information content (AvgIpc) is 2.69. The molecule has 0 heterocycles. The van der Waals surface area contributed by atoms with Crippen molar-refractivity contribution in [1.29, 1.82) is 0 Å². The van der Waals surface area contributed by atoms with Gasteiger partial charge in [0.05, 0.1) is 12.3 Å². The number of hydrogen-bond acceptors (Lipinski definition) is 4. The SMILES string of the molecule is CCCCOC(=O)C(Sc1cc(NC(=O)c2ccccc2)c(F)cc1Br)C(C)C. The lowest BCUT2D eigenvalue weighted by Crippen LogP contribution is -2.26. The van der Waals surface area contributed by atoms with Crippen molar-refractivity contribution >= 4 is 45.3 Å². The first-order valence-corrected chi connectivity index (χ1v) is 11.2. The van der Waals surface area contributed by atoms with Gasteiger partial charge in [-0.05, 0) is 52.5 Å². The number of esters is 1. The summed E-state index contributed by atoms with van der Waals surface area (Å²) in [5.41, 5.74) is 0.495. The number of rotatable bonds is 9. The first kappa shape index (κ1) is 23.4. The van der Waals surface area contributed by atoms with E-state index < -0.39 is 17.0 Å². The number of thioether (sulfide) groups is 1. The average molecular weight is 482 g/mol. The summed E-state index contributed by atoms with van der Waals surface area (Å²) >= 11 is 4.65. The quantitative estimate of drug-likeness (QED) is 0.259. The molecule has 0 aliphatic rings. The highest BCUT2D eigenvalue weighted by Crippen LogP contribution is 2.37. The summed E-state index contributed by atoms with van der Waals surface area (Å²) in [6.45, 7) is 6.30. The summed E-state index contributed by atoms with van der Waals surface area (Å²) < 4.78 is 20.3. The predicted molar refractivity (Wildman–Crippen MR) is 119 cm³/mol. The minimum absolute atomic E-state index is 0.0217. The monoisotopic (exact) mass is 481 g/mol. The number of carbonyl (C=O) groups excluding carboxylic acids is 2. The molecule has 1 atom stereocenters. The first-order valence-electron chi connectivity index (χ1n) is 9.52. The largest absolute Gasteiger partial charge is 0.465 e. The minimum Gasteiger partial charge on any atom is -0.465 e. The van der Waals surface area contributed by atoms with Gasteiger partial charge in [0.1, 0.15) is 11.1 Å². The van der Waals surface area contributed by atoms with Crippen molar-refractivity contribution in [3.63, 3.8) is 0 Å². The molecule has 2 rings (SSSR count). The van der Waals surface area contributed by atoms with E-state index in [9.17, 15) is 14.0 Å². The lowest BCUT2D eigenvalue weighted by Gasteiger charge is -2.20. The van der Waals surface area contributed by atoms with Crippen LogP contribution in [0, 0.1) is 11.7 Å². The molecule has 0 saturated heterocycles. The van der Waals surface area contributed by atoms with Crippen LogP contribution in [0.25, 0.3) is 0 Å². The molecular formula is C22H25BrFNO3S. The molecule has 0 aliphatic carbocycles. The van der Waals surface area contributed by atoms with Crippen molar-refractivity contribution in [3.8, 4) is 0 Å². The molecule has 4 nitrogen and oxygen atoms in total. The Labute approximate surface area is 183 Å². The second kappa shape index (κ2) is 11.4. The molecule has 1 unspecified atom stereocenters. The first-order chi connectivity index (χ1) is 13.8. The third-order valence-electron chi connectivity index (χ3n) is 4.14. The topological polar surface area (TPSA) is 55.4 Å². The van der Waals surface area contributed by atoms with E-state index in [-0.39, 0.29) is 17.6 Å². The fourth-order valence-electron chi connectivity index (χ4n) is 2.49. The normalized spacial score (nSPS) is 11.9. The molecule has 0 aliphatic heterocycles. The Morgan fingerprint density at radius 1 is 1.21 bits per heavy atom. The zero-order chi connectivity index (χ0) is 21.4. The van der Waals surface area contributed by atoms with Gasteiger partial charge in [-0.25, -0.2) is 4.39 Å². The van der Waals surface area contributed by atoms with Crippen LogP contribution in [0.2, 0.25) is 0 Å². The Morgan fingerprint density at radius 3 is 2.52 bits per heavy atom. The lowest BCUT2D eigenvalue weighted by atomic mass is 10.1. The van der Waals surface area contributed by atoms with Crippen LogP contribution in [0.15, 0.2) is 51.8 Å². The van der Waals surface area contributed by atoms with Crippen LogP contribution in [0.5, 0.6) is 0 Å². The van der Waals surface area contributed by atoms with E-state index in [0.717, 1.165) is 12.8 Å². The van der Waals surface area contributed by atoms with Crippen molar-refractivity contribution in [3.05, 3.63) is 58.3 Å². The molecule has 0 spiro atoms. The van der Waals surface area contributed by atoms with Crippen molar-refractivity contribution in [2.24, 2.45) is 5.92 Å². The van der Waals surface area contributed by atoms with Crippen LogP contribution < -0.4 is 5.32 Å². The van der Waals surface area contributed by atoms with Gasteiger partial charge in [-0.15, -0.1) is 11.8 Å². The summed E-state index contributed by atoms with van der Waals surface area (Å²) in [4.78, 5) is 25.5. The van der Waals surface area contributed by atoms with E-state index in [4.69, 9.17) is 4.74 Å². The van der Waals surface area contributed by atoms with Gasteiger partial charge in [-0.2, -0.15) is 0 Å². The molecule has 29 heavy (non-hydrogen) atoms. The minimum atomic E-state index is -0.558. The van der Waals surface area contributed by atoms with Crippen molar-refractivity contribution in [2.45, 2.75) is 43.8 Å². The maximum absolute atomic E-state index is 14.4. The number of amides is 1. The number of ether oxygens (including phenoxy) is 1. The number of unbranched alkanes of at least 4 members (excludes halogenated alkanes) is 1. The molecule has 7 heteroatoms. The Balaban J connectivity index is 2.20. The Bertz CT molecular complexity index is 845. The van der Waals surface area contributed by atoms with Gasteiger partial charge in [-0.1, -0.05) is 45.4 Å². The number of halogens is 2. The van der Waals surface area contributed by atoms with Crippen LogP contribution in [0.1, 0.15) is 44.0 Å². The maximum atomic E-state index is 14.4. The molecule has 2 aromatic rings. The van der Waals surface area contributed by atoms with Crippen LogP contribution in [0.4, 0.5) is 10.1 Å². The van der Waals surface area contributed by atoms with Crippen LogP contribution >= 0.6 is 27.7 Å². The summed E-state index contributed by atoms with van der Waals surface area (Å²) in [6, 6.07) is 11.4. The molecule has 156 valence electrons. The summed E-state index contributed by atoms with van der Waals surface area (Å²) in [6.07, 6.45) is 1.76. The van der Waals surface area contributed by atoms with Crippen molar-refractivity contribution in [2.75, 3.05) is 11.9 Å². The fraction of sp³-hybridized carbons (Fsp3) is 0.364. The number of hydrogen-bond donors (Lipinski definition) is 1. The van der Waals surface area contributed by atoms with Gasteiger partial charge in [0.2, 0.25) is 0 Å². The number of anilines is 1. The van der Waals surface area contributed by atoms with E-state index in [2.05, 4.69) is 21.2 Å².